The maximum Gasteiger partial charge on any atom is 0.408 e. The van der Waals surface area contributed by atoms with Crippen LogP contribution in [0.2, 0.25) is 0 Å². The number of benzene rings is 1. The molecule has 0 bridgehead atoms. The Kier molecular flexibility index (Phi) is 11.3. The molecule has 2 aliphatic carbocycles. The van der Waals surface area contributed by atoms with Gasteiger partial charge in [-0.25, -0.2) is 27.6 Å². The second kappa shape index (κ2) is 15.4. The number of halogens is 1. The first-order valence-electron chi connectivity index (χ1n) is 19.2. The van der Waals surface area contributed by atoms with Crippen LogP contribution in [-0.4, -0.2) is 102 Å². The molecule has 6 rings (SSSR count). The van der Waals surface area contributed by atoms with Crippen molar-refractivity contribution >= 4 is 44.9 Å². The Bertz CT molecular complexity index is 2020. The Morgan fingerprint density at radius 2 is 1.84 bits per heavy atom. The Morgan fingerprint density at radius 1 is 1.11 bits per heavy atom. The number of allylic oxidation sites excluding steroid dienone is 1. The summed E-state index contributed by atoms with van der Waals surface area (Å²) in [4.78, 5) is 66.9. The van der Waals surface area contributed by atoms with E-state index in [0.29, 0.717) is 35.3 Å². The second-order valence-corrected chi connectivity index (χ2v) is 19.0. The number of hydrogen-bond acceptors (Lipinski definition) is 11. The van der Waals surface area contributed by atoms with Gasteiger partial charge in [0.05, 0.1) is 24.7 Å². The van der Waals surface area contributed by atoms with Crippen molar-refractivity contribution < 1.29 is 46.2 Å². The van der Waals surface area contributed by atoms with Gasteiger partial charge in [-0.3, -0.25) is 19.1 Å². The highest BCUT2D eigenvalue weighted by atomic mass is 32.2. The van der Waals surface area contributed by atoms with Crippen LogP contribution >= 0.6 is 0 Å². The highest BCUT2D eigenvalue weighted by Crippen LogP contribution is 2.48. The van der Waals surface area contributed by atoms with Crippen molar-refractivity contribution in [3.63, 3.8) is 0 Å². The third-order valence-electron chi connectivity index (χ3n) is 11.2. The number of carbonyl (C=O) groups is 4. The number of alkyl halides is 1. The van der Waals surface area contributed by atoms with E-state index in [0.717, 1.165) is 6.42 Å². The molecule has 306 valence electrons. The number of fused-ring (bicyclic) bond motifs is 3. The molecule has 0 radical (unpaired) electrons. The van der Waals surface area contributed by atoms with Crippen LogP contribution < -0.4 is 24.8 Å². The number of nitrogens with one attached hydrogen (secondary N) is 3. The average Bonchev–Trinajstić information content (AvgIpc) is 4.02. The number of aryl methyl sites for hydroxylation is 1. The number of alkyl carbamates (subject to hydrolysis) is 1. The van der Waals surface area contributed by atoms with Gasteiger partial charge in [-0.05, 0) is 90.2 Å². The number of carbonyl (C=O) groups excluding carboxylic acids is 4. The van der Waals surface area contributed by atoms with Crippen molar-refractivity contribution in [1.82, 2.24) is 30.2 Å². The minimum atomic E-state index is -4.39. The second-order valence-electron chi connectivity index (χ2n) is 16.9. The molecular formula is C39H53FN6O9S. The van der Waals surface area contributed by atoms with E-state index in [1.165, 1.54) is 4.90 Å². The van der Waals surface area contributed by atoms with Crippen molar-refractivity contribution in [2.24, 2.45) is 17.8 Å². The summed E-state index contributed by atoms with van der Waals surface area (Å²) >= 11 is 0. The summed E-state index contributed by atoms with van der Waals surface area (Å²) in [6, 6.07) is 2.93. The van der Waals surface area contributed by atoms with Gasteiger partial charge in [0.2, 0.25) is 27.7 Å². The van der Waals surface area contributed by atoms with Gasteiger partial charge in [0.15, 0.2) is 0 Å². The van der Waals surface area contributed by atoms with Crippen molar-refractivity contribution in [3.05, 3.63) is 36.0 Å². The molecule has 3 heterocycles. The van der Waals surface area contributed by atoms with Crippen molar-refractivity contribution in [2.45, 2.75) is 121 Å². The number of amides is 4. The number of ether oxygens (including phenoxy) is 3. The minimum Gasteiger partial charge on any atom is -0.497 e. The predicted octanol–water partition coefficient (Wildman–Crippen LogP) is 4.02. The maximum absolute atomic E-state index is 14.7. The topological polar surface area (TPSA) is 195 Å². The summed E-state index contributed by atoms with van der Waals surface area (Å²) in [6.45, 7) is 9.56. The largest absolute Gasteiger partial charge is 0.497 e. The lowest BCUT2D eigenvalue weighted by molar-refractivity contribution is -0.142. The molecule has 15 nitrogen and oxygen atoms in total. The van der Waals surface area contributed by atoms with Gasteiger partial charge in [0, 0.05) is 18.4 Å². The van der Waals surface area contributed by atoms with E-state index in [4.69, 9.17) is 14.2 Å². The highest BCUT2D eigenvalue weighted by molar-refractivity contribution is 7.91. The molecule has 1 aromatic heterocycles. The summed E-state index contributed by atoms with van der Waals surface area (Å²) in [7, 11) is -2.84. The van der Waals surface area contributed by atoms with E-state index in [1.807, 2.05) is 19.9 Å². The number of hydrogen-bond donors (Lipinski definition) is 3. The lowest BCUT2D eigenvalue weighted by Crippen LogP contribution is -2.59. The Labute approximate surface area is 326 Å². The summed E-state index contributed by atoms with van der Waals surface area (Å²) in [5.41, 5.74) is -0.922. The molecule has 7 atom stereocenters. The molecule has 17 heteroatoms. The van der Waals surface area contributed by atoms with E-state index in [9.17, 15) is 32.0 Å². The quantitative estimate of drug-likeness (QED) is 0.327. The Hall–Kier alpha value is -4.54. The number of aromatic nitrogens is 2. The molecule has 2 saturated carbocycles. The summed E-state index contributed by atoms with van der Waals surface area (Å²) < 4.78 is 57.8. The van der Waals surface area contributed by atoms with E-state index >= 15 is 0 Å². The monoisotopic (exact) mass is 800 g/mol. The van der Waals surface area contributed by atoms with Crippen LogP contribution in [0.25, 0.3) is 11.0 Å². The van der Waals surface area contributed by atoms with Crippen LogP contribution in [0.15, 0.2) is 30.4 Å². The molecular weight excluding hydrogens is 748 g/mol. The lowest BCUT2D eigenvalue weighted by atomic mass is 9.88. The molecule has 2 aliphatic heterocycles. The van der Waals surface area contributed by atoms with Gasteiger partial charge in [0.1, 0.15) is 52.2 Å². The molecule has 4 amide bonds. The van der Waals surface area contributed by atoms with Crippen LogP contribution in [-0.2, 0) is 29.1 Å². The maximum atomic E-state index is 14.7. The molecule has 4 aliphatic rings. The molecule has 3 fully saturated rings. The fraction of sp³-hybridized carbons (Fsp3) is 0.641. The number of nitrogens with zero attached hydrogens (tertiary/aromatic N) is 3. The van der Waals surface area contributed by atoms with Crippen LogP contribution in [0.4, 0.5) is 9.18 Å². The zero-order chi connectivity index (χ0) is 40.8. The molecule has 1 saturated heterocycles. The highest BCUT2D eigenvalue weighted by Gasteiger charge is 2.64. The first-order valence-corrected chi connectivity index (χ1v) is 20.7. The number of methoxy groups -OCH3 is 1. The van der Waals surface area contributed by atoms with Crippen LogP contribution in [0.1, 0.15) is 85.3 Å². The van der Waals surface area contributed by atoms with E-state index in [2.05, 4.69) is 25.3 Å². The molecule has 56 heavy (non-hydrogen) atoms. The molecule has 3 N–H and O–H groups in total. The normalized spacial score (nSPS) is 29.2. The Balaban J connectivity index is 1.34. The van der Waals surface area contributed by atoms with Gasteiger partial charge in [-0.1, -0.05) is 26.0 Å². The lowest BCUT2D eigenvalue weighted by Gasteiger charge is -2.33. The molecule has 1 aromatic carbocycles. The van der Waals surface area contributed by atoms with Gasteiger partial charge >= 0.3 is 6.09 Å². The van der Waals surface area contributed by atoms with Crippen LogP contribution in [0, 0.1) is 24.7 Å². The minimum absolute atomic E-state index is 0.0231. The van der Waals surface area contributed by atoms with Crippen molar-refractivity contribution in [2.75, 3.05) is 20.3 Å². The van der Waals surface area contributed by atoms with Crippen LogP contribution in [0.3, 0.4) is 0 Å². The predicted molar refractivity (Wildman–Crippen MR) is 204 cm³/mol. The number of rotatable bonds is 8. The molecule has 0 spiro atoms. The smallest absolute Gasteiger partial charge is 0.408 e. The van der Waals surface area contributed by atoms with Crippen molar-refractivity contribution in [1.29, 1.82) is 0 Å². The van der Waals surface area contributed by atoms with E-state index in [1.54, 1.807) is 59.1 Å². The first-order chi connectivity index (χ1) is 26.3. The van der Waals surface area contributed by atoms with Gasteiger partial charge in [-0.15, -0.1) is 0 Å². The first kappa shape index (κ1) is 41.1. The Morgan fingerprint density at radius 3 is 2.50 bits per heavy atom. The average molecular weight is 801 g/mol. The molecule has 2 aromatic rings. The standard InChI is InChI=1S/C39H53FN6O9S/c1-22-10-8-9-11-25-19-39(25,35(49)45-56(51,52)38(21-40)14-15-38)44-32(47)30-18-27(54-33-24(3)41-29-17-26(53-7)12-13-28(29)42-33)20-46(30)34(48)31(23(2)16-22)43-36(50)55-37(4,5)6/h9,11-13,17,22-23,25,27,30-31H,8,10,14-16,18-21H2,1-7H3,(H,43,50)(H,44,47)(H,45,49). The van der Waals surface area contributed by atoms with Gasteiger partial charge in [-0.2, -0.15) is 0 Å². The third kappa shape index (κ3) is 8.56. The number of sulfonamides is 1. The third-order valence-corrected chi connectivity index (χ3v) is 13.3. The van der Waals surface area contributed by atoms with Crippen molar-refractivity contribution in [3.8, 4) is 11.6 Å². The van der Waals surface area contributed by atoms with Crippen LogP contribution in [0.5, 0.6) is 11.6 Å². The van der Waals surface area contributed by atoms with Gasteiger partial charge < -0.3 is 29.7 Å². The fourth-order valence-electron chi connectivity index (χ4n) is 7.69. The molecule has 7 unspecified atom stereocenters. The summed E-state index contributed by atoms with van der Waals surface area (Å²) in [6.07, 6.45) is 4.30. The zero-order valence-corrected chi connectivity index (χ0v) is 33.8. The SMILES string of the molecule is COc1ccc2nc(OC3CC4C(=O)NC5(C(=O)NS(=O)(=O)C6(CF)CC6)CC5C=CCCC(C)CC(C)C(NC(=O)OC(C)(C)C)C(=O)N4C3)c(C)nc2c1. The van der Waals surface area contributed by atoms with E-state index in [-0.39, 0.29) is 49.9 Å². The summed E-state index contributed by atoms with van der Waals surface area (Å²) in [5.74, 6) is -2.22. The van der Waals surface area contributed by atoms with Gasteiger partial charge in [0.25, 0.3) is 5.91 Å². The fourth-order valence-corrected chi connectivity index (χ4v) is 9.11. The van der Waals surface area contributed by atoms with E-state index < -0.39 is 80.5 Å². The zero-order valence-electron chi connectivity index (χ0n) is 33.0. The summed E-state index contributed by atoms with van der Waals surface area (Å²) in [5, 5.41) is 5.60.